The topological polar surface area (TPSA) is 84.5 Å². The molecule has 0 radical (unpaired) electrons. The van der Waals surface area contributed by atoms with E-state index in [1.54, 1.807) is 0 Å². The van der Waals surface area contributed by atoms with Crippen LogP contribution in [0.2, 0.25) is 0 Å². The summed E-state index contributed by atoms with van der Waals surface area (Å²) in [5.41, 5.74) is 0. The number of carbonyl (C=O) groups is 3. The van der Waals surface area contributed by atoms with Gasteiger partial charge in [0.1, 0.15) is 0 Å². The van der Waals surface area contributed by atoms with Gasteiger partial charge in [0.25, 0.3) is 5.91 Å². The van der Waals surface area contributed by atoms with Crippen LogP contribution in [0.3, 0.4) is 0 Å². The van der Waals surface area contributed by atoms with E-state index < -0.39 is 11.9 Å². The van der Waals surface area contributed by atoms with E-state index in [0.29, 0.717) is 0 Å². The molecule has 2 rings (SSSR count). The Labute approximate surface area is 118 Å². The number of ether oxygens (including phenoxy) is 1. The first kappa shape index (κ1) is 14.8. The van der Waals surface area contributed by atoms with Crippen molar-refractivity contribution < 1.29 is 19.1 Å². The standard InChI is InChI=1S/C14H22N2O4/c17-12(9-20-13(18)10-5-1-2-6-10)16-14(19)15-11-7-3-4-8-11/h10-11H,1-9H2,(H2,15,16,17,19). The third-order valence-electron chi connectivity index (χ3n) is 3.98. The van der Waals surface area contributed by atoms with Crippen molar-refractivity contribution in [1.82, 2.24) is 10.6 Å². The average Bonchev–Trinajstić information content (AvgIpc) is 3.08. The Morgan fingerprint density at radius 3 is 2.20 bits per heavy atom. The first-order valence-electron chi connectivity index (χ1n) is 7.42. The molecule has 2 aliphatic carbocycles. The first-order valence-corrected chi connectivity index (χ1v) is 7.42. The highest BCUT2D eigenvalue weighted by atomic mass is 16.5. The van der Waals surface area contributed by atoms with Gasteiger partial charge in [-0.1, -0.05) is 25.7 Å². The van der Waals surface area contributed by atoms with E-state index in [1.165, 1.54) is 0 Å². The molecule has 0 saturated heterocycles. The van der Waals surface area contributed by atoms with Crippen LogP contribution in [0.1, 0.15) is 51.4 Å². The predicted octanol–water partition coefficient (Wildman–Crippen LogP) is 1.49. The van der Waals surface area contributed by atoms with Crippen LogP contribution < -0.4 is 10.6 Å². The van der Waals surface area contributed by atoms with Gasteiger partial charge in [-0.25, -0.2) is 4.79 Å². The maximum Gasteiger partial charge on any atom is 0.321 e. The van der Waals surface area contributed by atoms with E-state index in [4.69, 9.17) is 4.74 Å². The average molecular weight is 282 g/mol. The molecule has 0 aliphatic heterocycles. The van der Waals surface area contributed by atoms with E-state index in [1.807, 2.05) is 0 Å². The van der Waals surface area contributed by atoms with E-state index >= 15 is 0 Å². The number of rotatable bonds is 4. The molecule has 2 aliphatic rings. The molecule has 0 aromatic carbocycles. The molecule has 0 aromatic heterocycles. The molecule has 112 valence electrons. The Kier molecular flexibility index (Phi) is 5.38. The second-order valence-corrected chi connectivity index (χ2v) is 5.59. The molecule has 0 bridgehead atoms. The van der Waals surface area contributed by atoms with Crippen LogP contribution in [0.4, 0.5) is 4.79 Å². The second-order valence-electron chi connectivity index (χ2n) is 5.59. The van der Waals surface area contributed by atoms with Crippen LogP contribution in [0.15, 0.2) is 0 Å². The van der Waals surface area contributed by atoms with Gasteiger partial charge in [-0.2, -0.15) is 0 Å². The summed E-state index contributed by atoms with van der Waals surface area (Å²) < 4.78 is 4.93. The van der Waals surface area contributed by atoms with Gasteiger partial charge in [0.2, 0.25) is 0 Å². The minimum atomic E-state index is -0.577. The fraction of sp³-hybridized carbons (Fsp3) is 0.786. The van der Waals surface area contributed by atoms with Crippen LogP contribution in [-0.2, 0) is 14.3 Å². The summed E-state index contributed by atoms with van der Waals surface area (Å²) in [7, 11) is 0. The smallest absolute Gasteiger partial charge is 0.321 e. The SMILES string of the molecule is O=C(COC(=O)C1CCCC1)NC(=O)NC1CCCC1. The predicted molar refractivity (Wildman–Crippen MR) is 71.8 cm³/mol. The van der Waals surface area contributed by atoms with Gasteiger partial charge in [-0.05, 0) is 25.7 Å². The van der Waals surface area contributed by atoms with Gasteiger partial charge in [0, 0.05) is 6.04 Å². The minimum Gasteiger partial charge on any atom is -0.455 e. The molecule has 3 amide bonds. The summed E-state index contributed by atoms with van der Waals surface area (Å²) >= 11 is 0. The van der Waals surface area contributed by atoms with Crippen molar-refractivity contribution >= 4 is 17.9 Å². The van der Waals surface area contributed by atoms with E-state index in [0.717, 1.165) is 51.4 Å². The zero-order valence-corrected chi connectivity index (χ0v) is 11.7. The van der Waals surface area contributed by atoms with Crippen molar-refractivity contribution in [3.8, 4) is 0 Å². The molecule has 2 saturated carbocycles. The van der Waals surface area contributed by atoms with Gasteiger partial charge in [-0.3, -0.25) is 14.9 Å². The summed E-state index contributed by atoms with van der Waals surface area (Å²) in [6.45, 7) is -0.382. The van der Waals surface area contributed by atoms with Crippen LogP contribution >= 0.6 is 0 Å². The summed E-state index contributed by atoms with van der Waals surface area (Å²) in [6, 6.07) is -0.345. The van der Waals surface area contributed by atoms with Crippen LogP contribution in [0.5, 0.6) is 0 Å². The lowest BCUT2D eigenvalue weighted by Gasteiger charge is -2.13. The highest BCUT2D eigenvalue weighted by Gasteiger charge is 2.25. The molecule has 6 heteroatoms. The maximum atomic E-state index is 11.6. The van der Waals surface area contributed by atoms with Gasteiger partial charge in [0.05, 0.1) is 5.92 Å². The molecule has 0 aromatic rings. The molecule has 0 spiro atoms. The van der Waals surface area contributed by atoms with Crippen LogP contribution in [-0.4, -0.2) is 30.6 Å². The Bertz CT molecular complexity index is 371. The molecular weight excluding hydrogens is 260 g/mol. The lowest BCUT2D eigenvalue weighted by atomic mass is 10.1. The number of hydrogen-bond donors (Lipinski definition) is 2. The van der Waals surface area contributed by atoms with Crippen molar-refractivity contribution in [2.24, 2.45) is 5.92 Å². The molecule has 2 N–H and O–H groups in total. The molecule has 0 heterocycles. The van der Waals surface area contributed by atoms with Gasteiger partial charge in [-0.15, -0.1) is 0 Å². The summed E-state index contributed by atoms with van der Waals surface area (Å²) in [5.74, 6) is -0.976. The molecule has 0 unspecified atom stereocenters. The Hall–Kier alpha value is -1.59. The number of hydrogen-bond acceptors (Lipinski definition) is 4. The van der Waals surface area contributed by atoms with E-state index in [9.17, 15) is 14.4 Å². The minimum absolute atomic E-state index is 0.0740. The van der Waals surface area contributed by atoms with Crippen LogP contribution in [0.25, 0.3) is 0 Å². The van der Waals surface area contributed by atoms with E-state index in [-0.39, 0.29) is 24.5 Å². The lowest BCUT2D eigenvalue weighted by molar-refractivity contribution is -0.152. The maximum absolute atomic E-state index is 11.6. The summed E-state index contributed by atoms with van der Waals surface area (Å²) in [5, 5.41) is 4.93. The van der Waals surface area contributed by atoms with Gasteiger partial charge in [0.15, 0.2) is 6.61 Å². The van der Waals surface area contributed by atoms with Crippen molar-refractivity contribution in [2.45, 2.75) is 57.4 Å². The second kappa shape index (κ2) is 7.26. The quantitative estimate of drug-likeness (QED) is 0.765. The van der Waals surface area contributed by atoms with Crippen molar-refractivity contribution in [2.75, 3.05) is 6.61 Å². The van der Waals surface area contributed by atoms with Crippen LogP contribution in [0, 0.1) is 5.92 Å². The number of carbonyl (C=O) groups excluding carboxylic acids is 3. The zero-order valence-electron chi connectivity index (χ0n) is 11.7. The van der Waals surface area contributed by atoms with E-state index in [2.05, 4.69) is 10.6 Å². The highest BCUT2D eigenvalue weighted by molar-refractivity contribution is 5.95. The Morgan fingerprint density at radius 2 is 1.55 bits per heavy atom. The van der Waals surface area contributed by atoms with Crippen molar-refractivity contribution in [3.05, 3.63) is 0 Å². The highest BCUT2D eigenvalue weighted by Crippen LogP contribution is 2.25. The largest absolute Gasteiger partial charge is 0.455 e. The molecule has 2 fully saturated rings. The van der Waals surface area contributed by atoms with Crippen molar-refractivity contribution in [3.63, 3.8) is 0 Å². The molecule has 0 atom stereocenters. The van der Waals surface area contributed by atoms with Crippen molar-refractivity contribution in [1.29, 1.82) is 0 Å². The number of imide groups is 1. The van der Waals surface area contributed by atoms with Gasteiger partial charge >= 0.3 is 12.0 Å². The summed E-state index contributed by atoms with van der Waals surface area (Å²) in [4.78, 5) is 34.6. The lowest BCUT2D eigenvalue weighted by Crippen LogP contribution is -2.45. The normalized spacial score (nSPS) is 19.8. The molecule has 20 heavy (non-hydrogen) atoms. The number of urea groups is 1. The Balaban J connectivity index is 1.61. The number of amides is 3. The fourth-order valence-corrected chi connectivity index (χ4v) is 2.87. The third-order valence-corrected chi connectivity index (χ3v) is 3.98. The Morgan fingerprint density at radius 1 is 0.950 bits per heavy atom. The first-order chi connectivity index (χ1) is 9.65. The molecular formula is C14H22N2O4. The molecule has 6 nitrogen and oxygen atoms in total. The third kappa shape index (κ3) is 4.51. The summed E-state index contributed by atoms with van der Waals surface area (Å²) in [6.07, 6.45) is 7.88. The fourth-order valence-electron chi connectivity index (χ4n) is 2.87. The number of nitrogens with one attached hydrogen (secondary N) is 2. The zero-order chi connectivity index (χ0) is 14.4. The van der Waals surface area contributed by atoms with Gasteiger partial charge < -0.3 is 10.1 Å². The number of esters is 1. The monoisotopic (exact) mass is 282 g/mol.